The molecular formula is C17H26N4O3. The van der Waals surface area contributed by atoms with E-state index in [4.69, 9.17) is 10.5 Å². The lowest BCUT2D eigenvalue weighted by molar-refractivity contribution is -0.134. The minimum absolute atomic E-state index is 0.0164. The van der Waals surface area contributed by atoms with Gasteiger partial charge in [0.2, 0.25) is 5.91 Å². The molecule has 1 aromatic rings. The van der Waals surface area contributed by atoms with Gasteiger partial charge in [-0.2, -0.15) is 0 Å². The molecule has 0 bridgehead atoms. The predicted octanol–water partition coefficient (Wildman–Crippen LogP) is 1.04. The number of carbonyl (C=O) groups is 2. The van der Waals surface area contributed by atoms with Crippen molar-refractivity contribution in [1.29, 1.82) is 0 Å². The summed E-state index contributed by atoms with van der Waals surface area (Å²) in [5.74, 6) is 0.730. The predicted molar refractivity (Wildman–Crippen MR) is 93.1 cm³/mol. The Kier molecular flexibility index (Phi) is 5.89. The van der Waals surface area contributed by atoms with Crippen LogP contribution in [0.15, 0.2) is 24.3 Å². The number of rotatable bonds is 5. The lowest BCUT2D eigenvalue weighted by atomic mass is 10.0. The van der Waals surface area contributed by atoms with Crippen LogP contribution >= 0.6 is 0 Å². The molecule has 1 unspecified atom stereocenters. The van der Waals surface area contributed by atoms with Crippen LogP contribution in [0.1, 0.15) is 13.8 Å². The van der Waals surface area contributed by atoms with Crippen LogP contribution in [0, 0.1) is 5.92 Å². The van der Waals surface area contributed by atoms with Gasteiger partial charge in [0.15, 0.2) is 0 Å². The van der Waals surface area contributed by atoms with Gasteiger partial charge in [-0.1, -0.05) is 26.0 Å². The fourth-order valence-corrected chi connectivity index (χ4v) is 2.92. The minimum atomic E-state index is -0.672. The second kappa shape index (κ2) is 7.90. The number of hydrogen-bond acceptors (Lipinski definition) is 4. The maximum Gasteiger partial charge on any atom is 0.312 e. The van der Waals surface area contributed by atoms with Crippen LogP contribution < -0.4 is 20.7 Å². The van der Waals surface area contributed by atoms with E-state index < -0.39 is 12.1 Å². The Morgan fingerprint density at radius 3 is 2.33 bits per heavy atom. The van der Waals surface area contributed by atoms with Crippen LogP contribution in [-0.2, 0) is 4.79 Å². The van der Waals surface area contributed by atoms with E-state index in [1.165, 1.54) is 0 Å². The summed E-state index contributed by atoms with van der Waals surface area (Å²) < 4.78 is 5.40. The van der Waals surface area contributed by atoms with E-state index in [1.807, 2.05) is 38.1 Å². The first-order valence-corrected chi connectivity index (χ1v) is 8.16. The van der Waals surface area contributed by atoms with Gasteiger partial charge >= 0.3 is 6.03 Å². The highest BCUT2D eigenvalue weighted by atomic mass is 16.5. The molecule has 0 aromatic heterocycles. The molecule has 3 amide bonds. The number of primary amides is 1. The van der Waals surface area contributed by atoms with E-state index >= 15 is 0 Å². The zero-order chi connectivity index (χ0) is 17.7. The van der Waals surface area contributed by atoms with Crippen molar-refractivity contribution in [3.8, 4) is 5.75 Å². The Balaban J connectivity index is 2.01. The number of ether oxygens (including phenoxy) is 1. The number of methoxy groups -OCH3 is 1. The van der Waals surface area contributed by atoms with E-state index in [9.17, 15) is 9.59 Å². The third-order valence-electron chi connectivity index (χ3n) is 4.25. The van der Waals surface area contributed by atoms with Crippen LogP contribution in [0.4, 0.5) is 10.5 Å². The Labute approximate surface area is 142 Å². The first-order valence-electron chi connectivity index (χ1n) is 8.16. The van der Waals surface area contributed by atoms with Crippen LogP contribution in [0.5, 0.6) is 5.75 Å². The number of nitrogens with zero attached hydrogens (tertiary/aromatic N) is 2. The fourth-order valence-electron chi connectivity index (χ4n) is 2.92. The van der Waals surface area contributed by atoms with Crippen molar-refractivity contribution in [3.05, 3.63) is 24.3 Å². The molecule has 0 saturated carbocycles. The summed E-state index contributed by atoms with van der Waals surface area (Å²) in [5.41, 5.74) is 6.22. The zero-order valence-electron chi connectivity index (χ0n) is 14.5. The van der Waals surface area contributed by atoms with Crippen LogP contribution in [0.3, 0.4) is 0 Å². The van der Waals surface area contributed by atoms with Crippen molar-refractivity contribution in [1.82, 2.24) is 10.2 Å². The summed E-state index contributed by atoms with van der Waals surface area (Å²) in [6.07, 6.45) is 0. The van der Waals surface area contributed by atoms with Gasteiger partial charge < -0.3 is 25.6 Å². The van der Waals surface area contributed by atoms with E-state index in [0.717, 1.165) is 11.4 Å². The number of amides is 3. The number of benzene rings is 1. The van der Waals surface area contributed by atoms with E-state index in [1.54, 1.807) is 12.0 Å². The second-order valence-electron chi connectivity index (χ2n) is 6.21. The molecule has 1 aliphatic rings. The molecule has 132 valence electrons. The average molecular weight is 334 g/mol. The van der Waals surface area contributed by atoms with Crippen molar-refractivity contribution < 1.29 is 14.3 Å². The SMILES string of the molecule is COc1ccccc1N1CCN(C(=O)C(NC(N)=O)C(C)C)CC1. The molecule has 7 nitrogen and oxygen atoms in total. The molecule has 2 rings (SSSR count). The number of carbonyl (C=O) groups excluding carboxylic acids is 2. The largest absolute Gasteiger partial charge is 0.495 e. The number of para-hydroxylation sites is 2. The Morgan fingerprint density at radius 2 is 1.79 bits per heavy atom. The summed E-state index contributed by atoms with van der Waals surface area (Å²) in [4.78, 5) is 27.8. The van der Waals surface area contributed by atoms with Crippen molar-refractivity contribution >= 4 is 17.6 Å². The fraction of sp³-hybridized carbons (Fsp3) is 0.529. The third-order valence-corrected chi connectivity index (χ3v) is 4.25. The summed E-state index contributed by atoms with van der Waals surface area (Å²) in [7, 11) is 1.65. The lowest BCUT2D eigenvalue weighted by Crippen LogP contribution is -2.57. The molecule has 1 atom stereocenters. The number of nitrogens with two attached hydrogens (primary N) is 1. The highest BCUT2D eigenvalue weighted by Crippen LogP contribution is 2.28. The minimum Gasteiger partial charge on any atom is -0.495 e. The molecular weight excluding hydrogens is 308 g/mol. The van der Waals surface area contributed by atoms with Crippen molar-refractivity contribution in [2.45, 2.75) is 19.9 Å². The molecule has 0 aliphatic carbocycles. The molecule has 1 aliphatic heterocycles. The van der Waals surface area contributed by atoms with E-state index in [-0.39, 0.29) is 11.8 Å². The summed E-state index contributed by atoms with van der Waals surface area (Å²) in [5, 5.41) is 2.55. The Morgan fingerprint density at radius 1 is 1.17 bits per heavy atom. The molecule has 7 heteroatoms. The number of anilines is 1. The highest BCUT2D eigenvalue weighted by Gasteiger charge is 2.30. The topological polar surface area (TPSA) is 87.9 Å². The van der Waals surface area contributed by atoms with Gasteiger partial charge in [0.05, 0.1) is 12.8 Å². The monoisotopic (exact) mass is 334 g/mol. The summed E-state index contributed by atoms with van der Waals surface area (Å²) >= 11 is 0. The van der Waals surface area contributed by atoms with Gasteiger partial charge in [-0.25, -0.2) is 4.79 Å². The number of nitrogens with one attached hydrogen (secondary N) is 1. The van der Waals surface area contributed by atoms with Gasteiger partial charge in [0.25, 0.3) is 0 Å². The van der Waals surface area contributed by atoms with E-state index in [2.05, 4.69) is 10.2 Å². The van der Waals surface area contributed by atoms with Gasteiger partial charge in [-0.15, -0.1) is 0 Å². The highest BCUT2D eigenvalue weighted by molar-refractivity contribution is 5.87. The smallest absolute Gasteiger partial charge is 0.312 e. The van der Waals surface area contributed by atoms with Gasteiger partial charge in [-0.3, -0.25) is 4.79 Å². The van der Waals surface area contributed by atoms with Crippen LogP contribution in [0.2, 0.25) is 0 Å². The molecule has 0 spiro atoms. The molecule has 1 fully saturated rings. The van der Waals surface area contributed by atoms with Crippen molar-refractivity contribution in [2.75, 3.05) is 38.2 Å². The third kappa shape index (κ3) is 4.10. The van der Waals surface area contributed by atoms with Crippen LogP contribution in [0.25, 0.3) is 0 Å². The van der Waals surface area contributed by atoms with Crippen molar-refractivity contribution in [3.63, 3.8) is 0 Å². The normalized spacial score (nSPS) is 16.0. The molecule has 1 saturated heterocycles. The summed E-state index contributed by atoms with van der Waals surface area (Å²) in [6.45, 7) is 6.41. The maximum atomic E-state index is 12.7. The molecule has 0 radical (unpaired) electrons. The van der Waals surface area contributed by atoms with Crippen molar-refractivity contribution in [2.24, 2.45) is 11.7 Å². The number of urea groups is 1. The quantitative estimate of drug-likeness (QED) is 0.842. The Bertz CT molecular complexity index is 583. The molecule has 1 aromatic carbocycles. The summed E-state index contributed by atoms with van der Waals surface area (Å²) in [6, 6.07) is 6.60. The van der Waals surface area contributed by atoms with Gasteiger partial charge in [0, 0.05) is 26.2 Å². The first-order chi connectivity index (χ1) is 11.4. The molecule has 3 N–H and O–H groups in total. The second-order valence-corrected chi connectivity index (χ2v) is 6.21. The molecule has 1 heterocycles. The van der Waals surface area contributed by atoms with E-state index in [0.29, 0.717) is 26.2 Å². The number of hydrogen-bond donors (Lipinski definition) is 2. The Hall–Kier alpha value is -2.44. The molecule has 24 heavy (non-hydrogen) atoms. The standard InChI is InChI=1S/C17H26N4O3/c1-12(2)15(19-17(18)23)16(22)21-10-8-20(9-11-21)13-6-4-5-7-14(13)24-3/h4-7,12,15H,8-11H2,1-3H3,(H3,18,19,23). The maximum absolute atomic E-state index is 12.7. The van der Waals surface area contributed by atoms with Gasteiger partial charge in [0.1, 0.15) is 11.8 Å². The lowest BCUT2D eigenvalue weighted by Gasteiger charge is -2.38. The number of piperazine rings is 1. The first kappa shape index (κ1) is 17.9. The van der Waals surface area contributed by atoms with Crippen LogP contribution in [-0.4, -0.2) is 56.2 Å². The zero-order valence-corrected chi connectivity index (χ0v) is 14.5. The average Bonchev–Trinajstić information content (AvgIpc) is 2.59. The van der Waals surface area contributed by atoms with Gasteiger partial charge in [-0.05, 0) is 18.1 Å².